The fraction of sp³-hybridized carbons (Fsp3) is 0.263. The van der Waals surface area contributed by atoms with E-state index in [4.69, 9.17) is 19.2 Å². The number of piperidine rings is 1. The van der Waals surface area contributed by atoms with Crippen LogP contribution in [0.2, 0.25) is 0 Å². The molecule has 7 rings (SSSR count). The zero-order valence-corrected chi connectivity index (χ0v) is 25.6. The van der Waals surface area contributed by atoms with Crippen LogP contribution in [0.25, 0.3) is 16.3 Å². The van der Waals surface area contributed by atoms with Crippen molar-refractivity contribution in [2.24, 2.45) is 0 Å². The summed E-state index contributed by atoms with van der Waals surface area (Å²) in [6.07, 6.45) is 4.70. The van der Waals surface area contributed by atoms with Crippen LogP contribution in [-0.2, 0) is 30.7 Å². The molecule has 0 radical (unpaired) electrons. The number of benzene rings is 4. The summed E-state index contributed by atoms with van der Waals surface area (Å²) in [5.74, 6) is 2.18. The first-order chi connectivity index (χ1) is 22.1. The first-order valence-electron chi connectivity index (χ1n) is 15.7. The molecule has 0 amide bonds. The summed E-state index contributed by atoms with van der Waals surface area (Å²) >= 11 is 0. The number of rotatable bonds is 7. The van der Waals surface area contributed by atoms with Crippen molar-refractivity contribution in [2.75, 3.05) is 26.7 Å². The molecule has 7 nitrogen and oxygen atoms in total. The average Bonchev–Trinajstić information content (AvgIpc) is 3.39. The second kappa shape index (κ2) is 13.0. The van der Waals surface area contributed by atoms with Crippen LogP contribution in [0.1, 0.15) is 40.9 Å². The Kier molecular flexibility index (Phi) is 8.34. The Labute approximate surface area is 263 Å². The molecule has 1 fully saturated rings. The van der Waals surface area contributed by atoms with Gasteiger partial charge in [-0.3, -0.25) is 4.57 Å². The molecule has 0 spiro atoms. The Balaban J connectivity index is 0.982. The molecule has 0 atom stereocenters. The molecule has 2 aliphatic heterocycles. The van der Waals surface area contributed by atoms with E-state index in [1.165, 1.54) is 51.3 Å². The number of hydrogen-bond donors (Lipinski definition) is 0. The van der Waals surface area contributed by atoms with Gasteiger partial charge in [0, 0.05) is 31.8 Å². The highest BCUT2D eigenvalue weighted by atomic mass is 16.7. The van der Waals surface area contributed by atoms with Crippen LogP contribution in [0.3, 0.4) is 0 Å². The monoisotopic (exact) mass is 599 g/mol. The minimum absolute atomic E-state index is 0.422. The smallest absolute Gasteiger partial charge is 0.489 e. The molecule has 0 bridgehead atoms. The molecule has 3 heterocycles. The van der Waals surface area contributed by atoms with E-state index in [1.54, 1.807) is 6.20 Å². The number of carbonyl (C=O) groups is 1. The first-order valence-corrected chi connectivity index (χ1v) is 15.7. The molecule has 1 aromatic heterocycles. The summed E-state index contributed by atoms with van der Waals surface area (Å²) in [6.45, 7) is 4.26. The van der Waals surface area contributed by atoms with Crippen molar-refractivity contribution in [3.63, 3.8) is 0 Å². The summed E-state index contributed by atoms with van der Waals surface area (Å²) in [5, 5.41) is 2.48. The predicted octanol–water partition coefficient (Wildman–Crippen LogP) is 7.46. The molecule has 5 aromatic rings. The number of fused-ring (bicyclic) bond motifs is 3. The molecule has 0 aliphatic carbocycles. The van der Waals surface area contributed by atoms with E-state index in [0.717, 1.165) is 56.9 Å². The Morgan fingerprint density at radius 3 is 2.40 bits per heavy atom. The number of methoxy groups -OCH3 is 1. The summed E-state index contributed by atoms with van der Waals surface area (Å²) < 4.78 is 18.3. The van der Waals surface area contributed by atoms with E-state index in [0.29, 0.717) is 19.0 Å². The highest BCUT2D eigenvalue weighted by Crippen LogP contribution is 2.37. The zero-order valence-electron chi connectivity index (χ0n) is 25.6. The van der Waals surface area contributed by atoms with Crippen LogP contribution < -0.4 is 9.47 Å². The van der Waals surface area contributed by atoms with Gasteiger partial charge in [0.15, 0.2) is 0 Å². The number of carbonyl (C=O) groups excluding carboxylic acids is 1. The summed E-state index contributed by atoms with van der Waals surface area (Å²) in [4.78, 5) is 19.2. The van der Waals surface area contributed by atoms with Gasteiger partial charge in [0.1, 0.15) is 18.2 Å². The number of nitrogens with zero attached hydrogens (tertiary/aromatic N) is 3. The molecule has 0 N–H and O–H groups in total. The van der Waals surface area contributed by atoms with E-state index in [9.17, 15) is 4.79 Å². The zero-order chi connectivity index (χ0) is 30.6. The molecular weight excluding hydrogens is 562 g/mol. The first kappa shape index (κ1) is 28.9. The fourth-order valence-electron chi connectivity index (χ4n) is 6.50. The Morgan fingerprint density at radius 1 is 0.822 bits per heavy atom. The lowest BCUT2D eigenvalue weighted by Gasteiger charge is -2.30. The highest BCUT2D eigenvalue weighted by molar-refractivity contribution is 5.83. The molecule has 1 saturated heterocycles. The van der Waals surface area contributed by atoms with Crippen LogP contribution in [0.5, 0.6) is 11.6 Å². The van der Waals surface area contributed by atoms with Crippen molar-refractivity contribution in [1.82, 2.24) is 14.5 Å². The van der Waals surface area contributed by atoms with Gasteiger partial charge in [-0.25, -0.2) is 9.78 Å². The van der Waals surface area contributed by atoms with Crippen LogP contribution in [-0.4, -0.2) is 47.4 Å². The predicted molar refractivity (Wildman–Crippen MR) is 176 cm³/mol. The van der Waals surface area contributed by atoms with E-state index in [-0.39, 0.29) is 0 Å². The Morgan fingerprint density at radius 2 is 1.58 bits per heavy atom. The number of hydrogen-bond acceptors (Lipinski definition) is 6. The van der Waals surface area contributed by atoms with Crippen molar-refractivity contribution >= 4 is 22.5 Å². The lowest BCUT2D eigenvalue weighted by atomic mass is 9.90. The Hall–Kier alpha value is -4.88. The van der Waals surface area contributed by atoms with Crippen LogP contribution in [0, 0.1) is 0 Å². The van der Waals surface area contributed by atoms with Gasteiger partial charge in [-0.1, -0.05) is 78.4 Å². The number of ether oxygens (including phenoxy) is 3. The number of aromatic nitrogens is 2. The molecular formula is C38H37N3O4. The van der Waals surface area contributed by atoms with Gasteiger partial charge in [-0.2, -0.15) is 0 Å². The lowest BCUT2D eigenvalue weighted by Crippen LogP contribution is -2.33. The quantitative estimate of drug-likeness (QED) is 0.181. The number of imidazole rings is 1. The largest absolute Gasteiger partial charge is 0.514 e. The fourth-order valence-corrected chi connectivity index (χ4v) is 6.50. The van der Waals surface area contributed by atoms with E-state index in [1.807, 2.05) is 4.57 Å². The standard InChI is InChI=1S/C38H37N3O4/c1-43-38(42)45-35-25-39-37-36(34-9-5-4-7-30(34)19-23-41(35)37)31-17-21-40(22-18-31)20-16-27-11-14-33(15-12-27)44-26-28-10-13-29-6-2-3-8-32(29)24-28/h2-15,24-25H,16-23,26H2,1H3. The maximum Gasteiger partial charge on any atom is 0.514 e. The van der Waals surface area contributed by atoms with Gasteiger partial charge in [0.2, 0.25) is 5.88 Å². The minimum Gasteiger partial charge on any atom is -0.489 e. The van der Waals surface area contributed by atoms with E-state index >= 15 is 0 Å². The molecule has 228 valence electrons. The second-order valence-corrected chi connectivity index (χ2v) is 11.7. The maximum absolute atomic E-state index is 11.9. The topological polar surface area (TPSA) is 65.8 Å². The van der Waals surface area contributed by atoms with Gasteiger partial charge in [-0.15, -0.1) is 0 Å². The highest BCUT2D eigenvalue weighted by Gasteiger charge is 2.27. The molecule has 0 saturated carbocycles. The van der Waals surface area contributed by atoms with Crippen molar-refractivity contribution in [3.8, 4) is 11.6 Å². The van der Waals surface area contributed by atoms with Crippen LogP contribution in [0.15, 0.2) is 103 Å². The van der Waals surface area contributed by atoms with Gasteiger partial charge < -0.3 is 19.1 Å². The van der Waals surface area contributed by atoms with Crippen molar-refractivity contribution in [2.45, 2.75) is 38.8 Å². The third-order valence-electron chi connectivity index (χ3n) is 8.96. The van der Waals surface area contributed by atoms with Crippen molar-refractivity contribution in [1.29, 1.82) is 0 Å². The number of aryl methyl sites for hydroxylation is 1. The normalized spacial score (nSPS) is 14.9. The summed E-state index contributed by atoms with van der Waals surface area (Å²) in [7, 11) is 1.32. The molecule has 7 heteroatoms. The molecule has 4 aromatic carbocycles. The molecule has 45 heavy (non-hydrogen) atoms. The average molecular weight is 600 g/mol. The van der Waals surface area contributed by atoms with Gasteiger partial charge >= 0.3 is 6.16 Å². The van der Waals surface area contributed by atoms with Gasteiger partial charge in [0.25, 0.3) is 0 Å². The van der Waals surface area contributed by atoms with Crippen molar-refractivity contribution < 1.29 is 19.0 Å². The van der Waals surface area contributed by atoms with E-state index < -0.39 is 6.16 Å². The summed E-state index contributed by atoms with van der Waals surface area (Å²) in [5.41, 5.74) is 7.60. The molecule has 2 aliphatic rings. The number of likely N-dealkylation sites (tertiary alicyclic amines) is 1. The Bertz CT molecular complexity index is 1850. The SMILES string of the molecule is COC(=O)Oc1cnc2n1CCc1ccccc1C2=C1CCN(CCc2ccc(OCc3ccc4ccccc4c3)cc2)CC1. The lowest BCUT2D eigenvalue weighted by molar-refractivity contribution is 0.118. The van der Waals surface area contributed by atoms with Crippen molar-refractivity contribution in [3.05, 3.63) is 131 Å². The third kappa shape index (κ3) is 6.35. The molecule has 0 unspecified atom stereocenters. The van der Waals surface area contributed by atoms with E-state index in [2.05, 4.69) is 95.9 Å². The maximum atomic E-state index is 11.9. The van der Waals surface area contributed by atoms with Crippen LogP contribution >= 0.6 is 0 Å². The third-order valence-corrected chi connectivity index (χ3v) is 8.96. The van der Waals surface area contributed by atoms with Gasteiger partial charge in [0.05, 0.1) is 13.3 Å². The second-order valence-electron chi connectivity index (χ2n) is 11.7. The summed E-state index contributed by atoms with van der Waals surface area (Å²) in [6, 6.07) is 32.0. The minimum atomic E-state index is -0.731. The van der Waals surface area contributed by atoms with Crippen LogP contribution in [0.4, 0.5) is 4.79 Å². The van der Waals surface area contributed by atoms with Gasteiger partial charge in [-0.05, 0) is 76.9 Å².